The van der Waals surface area contributed by atoms with Gasteiger partial charge in [0.1, 0.15) is 24.5 Å². The maximum Gasteiger partial charge on any atom is 0.302 e. The summed E-state index contributed by atoms with van der Waals surface area (Å²) in [5, 5.41) is 11.6. The van der Waals surface area contributed by atoms with E-state index in [0.29, 0.717) is 6.42 Å². The number of carbonyl (C=O) groups excluding carboxylic acids is 3. The first kappa shape index (κ1) is 21.7. The molecule has 0 radical (unpaired) electrons. The minimum atomic E-state index is -1.79. The summed E-state index contributed by atoms with van der Waals surface area (Å²) in [7, 11) is 0. The van der Waals surface area contributed by atoms with Crippen molar-refractivity contribution < 1.29 is 33.4 Å². The largest absolute Gasteiger partial charge is 0.465 e. The van der Waals surface area contributed by atoms with E-state index in [9.17, 15) is 23.9 Å². The fourth-order valence-electron chi connectivity index (χ4n) is 7.65. The zero-order valence-corrected chi connectivity index (χ0v) is 18.1. The third-order valence-electron chi connectivity index (χ3n) is 9.03. The van der Waals surface area contributed by atoms with Gasteiger partial charge in [-0.3, -0.25) is 14.4 Å². The van der Waals surface area contributed by atoms with Gasteiger partial charge in [-0.15, -0.1) is 0 Å². The lowest BCUT2D eigenvalue weighted by molar-refractivity contribution is -0.230. The lowest BCUT2D eigenvalue weighted by atomic mass is 9.43. The van der Waals surface area contributed by atoms with E-state index in [1.54, 1.807) is 0 Å². The molecule has 4 saturated carbocycles. The molecular formula is C23H33FO6. The number of Topliss-reactive ketones (excluding diaryl/α,β-unsaturated/α-hetero) is 1. The number of ketones is 1. The van der Waals surface area contributed by atoms with E-state index >= 15 is 0 Å². The Hall–Kier alpha value is -1.50. The minimum absolute atomic E-state index is 0.0174. The van der Waals surface area contributed by atoms with Crippen LogP contribution < -0.4 is 0 Å². The summed E-state index contributed by atoms with van der Waals surface area (Å²) in [6.07, 6.45) is 2.38. The van der Waals surface area contributed by atoms with Gasteiger partial charge in [-0.1, -0.05) is 6.92 Å². The van der Waals surface area contributed by atoms with Crippen molar-refractivity contribution >= 4 is 17.7 Å². The average Bonchev–Trinajstić information content (AvgIpc) is 2.97. The maximum absolute atomic E-state index is 14.3. The first-order chi connectivity index (χ1) is 14.0. The Kier molecular flexibility index (Phi) is 5.27. The van der Waals surface area contributed by atoms with Crippen LogP contribution in [0.5, 0.6) is 0 Å². The molecule has 8 atom stereocenters. The maximum atomic E-state index is 14.3. The molecule has 0 amide bonds. The molecule has 30 heavy (non-hydrogen) atoms. The number of rotatable bonds is 3. The lowest BCUT2D eigenvalue weighted by Gasteiger charge is -2.63. The van der Waals surface area contributed by atoms with Crippen molar-refractivity contribution in [1.82, 2.24) is 0 Å². The number of ether oxygens (including phenoxy) is 2. The Morgan fingerprint density at radius 1 is 1.10 bits per heavy atom. The zero-order valence-electron chi connectivity index (χ0n) is 18.1. The molecule has 0 spiro atoms. The molecule has 0 saturated heterocycles. The van der Waals surface area contributed by atoms with Crippen molar-refractivity contribution in [1.29, 1.82) is 0 Å². The number of esters is 2. The highest BCUT2D eigenvalue weighted by molar-refractivity contribution is 5.90. The van der Waals surface area contributed by atoms with Crippen molar-refractivity contribution in [3.8, 4) is 0 Å². The summed E-state index contributed by atoms with van der Waals surface area (Å²) in [4.78, 5) is 36.6. The van der Waals surface area contributed by atoms with Crippen molar-refractivity contribution in [3.63, 3.8) is 0 Å². The van der Waals surface area contributed by atoms with E-state index in [2.05, 4.69) is 6.92 Å². The molecule has 0 aromatic heterocycles. The minimum Gasteiger partial charge on any atom is -0.465 e. The van der Waals surface area contributed by atoms with Gasteiger partial charge in [0.15, 0.2) is 5.78 Å². The Bertz CT molecular complexity index is 754. The van der Waals surface area contributed by atoms with Gasteiger partial charge >= 0.3 is 11.9 Å². The van der Waals surface area contributed by atoms with Crippen LogP contribution in [0.1, 0.15) is 72.1 Å². The first-order valence-corrected chi connectivity index (χ1v) is 11.2. The SMILES string of the molecule is CC(=O)OC[C@]12CC[C@H](F)C[C@@]1(O)C(=O)C[C@H]1[C@@H]3CC[C@@H](OC(C)=O)[C@@]3(C)CC[C@@H]12. The van der Waals surface area contributed by atoms with Gasteiger partial charge in [0.25, 0.3) is 0 Å². The topological polar surface area (TPSA) is 89.9 Å². The molecule has 1 N–H and O–H groups in total. The number of carbonyl (C=O) groups is 3. The Morgan fingerprint density at radius 2 is 1.83 bits per heavy atom. The standard InChI is InChI=1S/C23H33FO6/c1-13(25)29-12-22-9-6-15(24)11-23(22,28)19(27)10-16-17-4-5-20(30-14(2)26)21(17,3)8-7-18(16)22/h15-18,20,28H,4-12H2,1-3H3/t15-,16-,17-,18-,20+,21-,22-,23+/m0/s1. The molecule has 4 aliphatic carbocycles. The van der Waals surface area contributed by atoms with Crippen LogP contribution in [-0.2, 0) is 23.9 Å². The molecule has 168 valence electrons. The molecule has 4 fully saturated rings. The van der Waals surface area contributed by atoms with Crippen LogP contribution in [-0.4, -0.2) is 47.3 Å². The van der Waals surface area contributed by atoms with E-state index in [1.807, 2.05) is 0 Å². The van der Waals surface area contributed by atoms with E-state index in [1.165, 1.54) is 13.8 Å². The fraction of sp³-hybridized carbons (Fsp3) is 0.870. The second-order valence-corrected chi connectivity index (χ2v) is 10.4. The van der Waals surface area contributed by atoms with Crippen LogP contribution in [0.3, 0.4) is 0 Å². The summed E-state index contributed by atoms with van der Waals surface area (Å²) >= 11 is 0. The predicted octanol–water partition coefficient (Wildman–Crippen LogP) is 3.14. The van der Waals surface area contributed by atoms with Gasteiger partial charge in [-0.05, 0) is 56.3 Å². The van der Waals surface area contributed by atoms with E-state index in [4.69, 9.17) is 9.47 Å². The van der Waals surface area contributed by atoms with Gasteiger partial charge in [-0.25, -0.2) is 4.39 Å². The Balaban J connectivity index is 1.71. The van der Waals surface area contributed by atoms with Gasteiger partial charge in [0, 0.05) is 37.5 Å². The fourth-order valence-corrected chi connectivity index (χ4v) is 7.65. The molecule has 0 unspecified atom stereocenters. The van der Waals surface area contributed by atoms with Gasteiger partial charge in [0.05, 0.1) is 0 Å². The third-order valence-corrected chi connectivity index (χ3v) is 9.03. The van der Waals surface area contributed by atoms with E-state index < -0.39 is 23.2 Å². The summed E-state index contributed by atoms with van der Waals surface area (Å²) in [6, 6.07) is 0. The number of halogens is 1. The summed E-state index contributed by atoms with van der Waals surface area (Å²) in [5.74, 6) is -0.888. The quantitative estimate of drug-likeness (QED) is 0.700. The number of alkyl halides is 1. The summed E-state index contributed by atoms with van der Waals surface area (Å²) in [6.45, 7) is 4.85. The number of hydrogen-bond donors (Lipinski definition) is 1. The normalized spacial score (nSPS) is 47.6. The Morgan fingerprint density at radius 3 is 2.50 bits per heavy atom. The second-order valence-electron chi connectivity index (χ2n) is 10.4. The van der Waals surface area contributed by atoms with Crippen molar-refractivity contribution in [3.05, 3.63) is 0 Å². The average molecular weight is 425 g/mol. The molecule has 4 rings (SSSR count). The molecule has 7 heteroatoms. The second kappa shape index (κ2) is 7.28. The van der Waals surface area contributed by atoms with Gasteiger partial charge in [0.2, 0.25) is 0 Å². The third kappa shape index (κ3) is 3.02. The van der Waals surface area contributed by atoms with Crippen LogP contribution in [0.15, 0.2) is 0 Å². The number of fused-ring (bicyclic) bond motifs is 5. The summed E-state index contributed by atoms with van der Waals surface area (Å²) in [5.41, 5.74) is -2.94. The highest BCUT2D eigenvalue weighted by Gasteiger charge is 2.70. The van der Waals surface area contributed by atoms with Crippen LogP contribution in [0.2, 0.25) is 0 Å². The van der Waals surface area contributed by atoms with Crippen LogP contribution in [0.4, 0.5) is 4.39 Å². The van der Waals surface area contributed by atoms with Crippen molar-refractivity contribution in [2.45, 2.75) is 90.0 Å². The monoisotopic (exact) mass is 424 g/mol. The zero-order chi connectivity index (χ0) is 21.9. The molecule has 0 aromatic rings. The van der Waals surface area contributed by atoms with Crippen molar-refractivity contribution in [2.75, 3.05) is 6.61 Å². The lowest BCUT2D eigenvalue weighted by Crippen LogP contribution is -2.69. The smallest absolute Gasteiger partial charge is 0.302 e. The highest BCUT2D eigenvalue weighted by atomic mass is 19.1. The molecule has 0 aromatic carbocycles. The molecule has 4 aliphatic rings. The predicted molar refractivity (Wildman–Crippen MR) is 105 cm³/mol. The van der Waals surface area contributed by atoms with Crippen molar-refractivity contribution in [2.24, 2.45) is 28.6 Å². The number of aliphatic hydroxyl groups is 1. The molecular weight excluding hydrogens is 391 g/mol. The van der Waals surface area contributed by atoms with Gasteiger partial charge < -0.3 is 14.6 Å². The van der Waals surface area contributed by atoms with Crippen LogP contribution in [0, 0.1) is 28.6 Å². The number of hydrogen-bond acceptors (Lipinski definition) is 6. The van der Waals surface area contributed by atoms with Gasteiger partial charge in [-0.2, -0.15) is 0 Å². The highest BCUT2D eigenvalue weighted by Crippen LogP contribution is 2.67. The molecule has 0 bridgehead atoms. The van der Waals surface area contributed by atoms with E-state index in [0.717, 1.165) is 25.7 Å². The van der Waals surface area contributed by atoms with Crippen LogP contribution >= 0.6 is 0 Å². The van der Waals surface area contributed by atoms with Crippen LogP contribution in [0.25, 0.3) is 0 Å². The first-order valence-electron chi connectivity index (χ1n) is 11.2. The molecule has 6 nitrogen and oxygen atoms in total. The molecule has 0 heterocycles. The van der Waals surface area contributed by atoms with E-state index in [-0.39, 0.29) is 66.9 Å². The Labute approximate surface area is 176 Å². The molecule has 0 aliphatic heterocycles. The summed E-state index contributed by atoms with van der Waals surface area (Å²) < 4.78 is 25.4.